The Labute approximate surface area is 154 Å². The first kappa shape index (κ1) is 19.9. The van der Waals surface area contributed by atoms with Crippen LogP contribution < -0.4 is 10.6 Å². The Hall–Kier alpha value is -2.37. The molecule has 0 unspecified atom stereocenters. The van der Waals surface area contributed by atoms with Crippen molar-refractivity contribution >= 4 is 17.8 Å². The fraction of sp³-hybridized carbons (Fsp3) is 0.550. The summed E-state index contributed by atoms with van der Waals surface area (Å²) in [6.07, 6.45) is 6.16. The van der Waals surface area contributed by atoms with Gasteiger partial charge in [0.25, 0.3) is 0 Å². The SMILES string of the molecule is CCCCNC(=O)C1(NC(=O)Cc2cccc(C(=O)O)c2)CCCCC1. The van der Waals surface area contributed by atoms with Gasteiger partial charge in [0.05, 0.1) is 12.0 Å². The smallest absolute Gasteiger partial charge is 0.335 e. The number of hydrogen-bond acceptors (Lipinski definition) is 3. The summed E-state index contributed by atoms with van der Waals surface area (Å²) >= 11 is 0. The van der Waals surface area contributed by atoms with E-state index in [1.807, 2.05) is 0 Å². The van der Waals surface area contributed by atoms with Crippen LogP contribution in [0.15, 0.2) is 24.3 Å². The van der Waals surface area contributed by atoms with Crippen LogP contribution in [-0.4, -0.2) is 35.0 Å². The number of carbonyl (C=O) groups excluding carboxylic acids is 2. The van der Waals surface area contributed by atoms with E-state index in [0.717, 1.165) is 32.1 Å². The molecule has 0 atom stereocenters. The quantitative estimate of drug-likeness (QED) is 0.621. The molecule has 26 heavy (non-hydrogen) atoms. The average molecular weight is 360 g/mol. The van der Waals surface area contributed by atoms with Crippen molar-refractivity contribution in [3.05, 3.63) is 35.4 Å². The van der Waals surface area contributed by atoms with E-state index in [-0.39, 0.29) is 23.8 Å². The first-order valence-corrected chi connectivity index (χ1v) is 9.38. The van der Waals surface area contributed by atoms with Gasteiger partial charge in [-0.1, -0.05) is 44.7 Å². The lowest BCUT2D eigenvalue weighted by Gasteiger charge is -2.36. The van der Waals surface area contributed by atoms with E-state index in [4.69, 9.17) is 5.11 Å². The maximum absolute atomic E-state index is 12.7. The van der Waals surface area contributed by atoms with Crippen molar-refractivity contribution in [2.75, 3.05) is 6.54 Å². The Bertz CT molecular complexity index is 651. The van der Waals surface area contributed by atoms with Gasteiger partial charge in [-0.3, -0.25) is 9.59 Å². The molecule has 3 N–H and O–H groups in total. The van der Waals surface area contributed by atoms with Gasteiger partial charge in [-0.15, -0.1) is 0 Å². The van der Waals surface area contributed by atoms with Gasteiger partial charge in [-0.2, -0.15) is 0 Å². The van der Waals surface area contributed by atoms with Gasteiger partial charge < -0.3 is 15.7 Å². The van der Waals surface area contributed by atoms with Gasteiger partial charge in [0, 0.05) is 6.54 Å². The van der Waals surface area contributed by atoms with E-state index < -0.39 is 11.5 Å². The number of carbonyl (C=O) groups is 3. The molecule has 1 fully saturated rings. The van der Waals surface area contributed by atoms with Crippen LogP contribution in [0, 0.1) is 0 Å². The van der Waals surface area contributed by atoms with Crippen molar-refractivity contribution in [3.8, 4) is 0 Å². The van der Waals surface area contributed by atoms with E-state index in [2.05, 4.69) is 17.6 Å². The predicted octanol–water partition coefficient (Wildman–Crippen LogP) is 2.66. The summed E-state index contributed by atoms with van der Waals surface area (Å²) in [5.74, 6) is -1.37. The van der Waals surface area contributed by atoms with Gasteiger partial charge in [0.2, 0.25) is 11.8 Å². The van der Waals surface area contributed by atoms with Gasteiger partial charge in [0.15, 0.2) is 0 Å². The standard InChI is InChI=1S/C20H28N2O4/c1-2-3-12-21-19(26)20(10-5-4-6-11-20)22-17(23)14-15-8-7-9-16(13-15)18(24)25/h7-9,13H,2-6,10-12,14H2,1H3,(H,21,26)(H,22,23)(H,24,25). The molecule has 6 nitrogen and oxygen atoms in total. The van der Waals surface area contributed by atoms with Crippen molar-refractivity contribution < 1.29 is 19.5 Å². The Morgan fingerprint density at radius 1 is 1.15 bits per heavy atom. The summed E-state index contributed by atoms with van der Waals surface area (Å²) in [5.41, 5.74) is -0.0623. The lowest BCUT2D eigenvalue weighted by atomic mass is 9.80. The lowest BCUT2D eigenvalue weighted by molar-refractivity contribution is -0.134. The van der Waals surface area contributed by atoms with Crippen LogP contribution in [0.1, 0.15) is 67.8 Å². The van der Waals surface area contributed by atoms with Crippen LogP contribution in [-0.2, 0) is 16.0 Å². The van der Waals surface area contributed by atoms with Crippen molar-refractivity contribution in [3.63, 3.8) is 0 Å². The minimum absolute atomic E-state index is 0.0606. The molecule has 1 aromatic rings. The monoisotopic (exact) mass is 360 g/mol. The molecule has 1 saturated carbocycles. The number of rotatable bonds is 8. The summed E-state index contributed by atoms with van der Waals surface area (Å²) in [5, 5.41) is 15.0. The third kappa shape index (κ3) is 5.31. The van der Waals surface area contributed by atoms with Gasteiger partial charge in [-0.05, 0) is 37.0 Å². The second-order valence-electron chi connectivity index (χ2n) is 6.98. The number of amides is 2. The molecule has 0 saturated heterocycles. The Morgan fingerprint density at radius 2 is 1.88 bits per heavy atom. The molecule has 1 aliphatic rings. The average Bonchev–Trinajstić information content (AvgIpc) is 2.62. The Morgan fingerprint density at radius 3 is 2.54 bits per heavy atom. The van der Waals surface area contributed by atoms with Gasteiger partial charge >= 0.3 is 5.97 Å². The van der Waals surface area contributed by atoms with Crippen molar-refractivity contribution in [2.24, 2.45) is 0 Å². The zero-order valence-electron chi connectivity index (χ0n) is 15.3. The Balaban J connectivity index is 2.05. The predicted molar refractivity (Wildman–Crippen MR) is 99.0 cm³/mol. The lowest BCUT2D eigenvalue weighted by Crippen LogP contribution is -2.60. The molecule has 2 amide bonds. The second kappa shape index (κ2) is 9.36. The first-order valence-electron chi connectivity index (χ1n) is 9.38. The van der Waals surface area contributed by atoms with E-state index in [1.165, 1.54) is 12.1 Å². The highest BCUT2D eigenvalue weighted by atomic mass is 16.4. The molecular formula is C20H28N2O4. The molecule has 1 aromatic carbocycles. The summed E-state index contributed by atoms with van der Waals surface area (Å²) < 4.78 is 0. The highest BCUT2D eigenvalue weighted by Gasteiger charge is 2.40. The van der Waals surface area contributed by atoms with E-state index in [1.54, 1.807) is 12.1 Å². The molecular weight excluding hydrogens is 332 g/mol. The van der Waals surface area contributed by atoms with Crippen molar-refractivity contribution in [1.82, 2.24) is 10.6 Å². The third-order valence-corrected chi connectivity index (χ3v) is 4.87. The first-order chi connectivity index (χ1) is 12.5. The summed E-state index contributed by atoms with van der Waals surface area (Å²) in [6.45, 7) is 2.68. The van der Waals surface area contributed by atoms with Gasteiger partial charge in [-0.25, -0.2) is 4.79 Å². The van der Waals surface area contributed by atoms with Crippen LogP contribution in [0.2, 0.25) is 0 Å². The number of carboxylic acid groups (broad SMARTS) is 1. The van der Waals surface area contributed by atoms with Crippen molar-refractivity contribution in [2.45, 2.75) is 63.8 Å². The van der Waals surface area contributed by atoms with Crippen LogP contribution in [0.5, 0.6) is 0 Å². The molecule has 6 heteroatoms. The van der Waals surface area contributed by atoms with Crippen LogP contribution in [0.25, 0.3) is 0 Å². The zero-order valence-corrected chi connectivity index (χ0v) is 15.3. The molecule has 2 rings (SSSR count). The van der Waals surface area contributed by atoms with Crippen LogP contribution in [0.4, 0.5) is 0 Å². The van der Waals surface area contributed by atoms with Crippen molar-refractivity contribution in [1.29, 1.82) is 0 Å². The number of aromatic carboxylic acids is 1. The number of unbranched alkanes of at least 4 members (excludes halogenated alkanes) is 1. The molecule has 0 spiro atoms. The molecule has 0 radical (unpaired) electrons. The molecule has 0 aliphatic heterocycles. The largest absolute Gasteiger partial charge is 0.478 e. The summed E-state index contributed by atoms with van der Waals surface area (Å²) in [7, 11) is 0. The maximum Gasteiger partial charge on any atom is 0.335 e. The van der Waals surface area contributed by atoms with Crippen LogP contribution >= 0.6 is 0 Å². The molecule has 0 aromatic heterocycles. The number of hydrogen-bond donors (Lipinski definition) is 3. The van der Waals surface area contributed by atoms with Gasteiger partial charge in [0.1, 0.15) is 5.54 Å². The fourth-order valence-corrected chi connectivity index (χ4v) is 3.42. The third-order valence-electron chi connectivity index (χ3n) is 4.87. The summed E-state index contributed by atoms with van der Waals surface area (Å²) in [4.78, 5) is 36.4. The molecule has 1 aliphatic carbocycles. The molecule has 0 heterocycles. The maximum atomic E-state index is 12.7. The zero-order chi connectivity index (χ0) is 19.0. The highest BCUT2D eigenvalue weighted by Crippen LogP contribution is 2.28. The number of nitrogens with one attached hydrogen (secondary N) is 2. The minimum Gasteiger partial charge on any atom is -0.478 e. The Kier molecular flexibility index (Phi) is 7.18. The van der Waals surface area contributed by atoms with Crippen LogP contribution in [0.3, 0.4) is 0 Å². The number of carboxylic acids is 1. The second-order valence-corrected chi connectivity index (χ2v) is 6.98. The minimum atomic E-state index is -1.02. The topological polar surface area (TPSA) is 95.5 Å². The summed E-state index contributed by atoms with van der Waals surface area (Å²) in [6, 6.07) is 6.34. The normalized spacial score (nSPS) is 15.9. The highest BCUT2D eigenvalue weighted by molar-refractivity contribution is 5.92. The number of benzene rings is 1. The molecule has 142 valence electrons. The molecule has 0 bridgehead atoms. The van der Waals surface area contributed by atoms with E-state index in [9.17, 15) is 14.4 Å². The van der Waals surface area contributed by atoms with E-state index >= 15 is 0 Å². The van der Waals surface area contributed by atoms with E-state index in [0.29, 0.717) is 24.9 Å². The fourth-order valence-electron chi connectivity index (χ4n) is 3.42.